The highest BCUT2D eigenvalue weighted by Gasteiger charge is 2.17. The van der Waals surface area contributed by atoms with Crippen LogP contribution in [-0.2, 0) is 0 Å². The van der Waals surface area contributed by atoms with E-state index in [4.69, 9.17) is 5.26 Å². The first kappa shape index (κ1) is 15.4. The summed E-state index contributed by atoms with van der Waals surface area (Å²) in [6, 6.07) is 3.91. The normalized spacial score (nSPS) is 10.6. The maximum atomic E-state index is 13.9. The number of nitrogens with zero attached hydrogens (tertiary/aromatic N) is 3. The van der Waals surface area contributed by atoms with Crippen molar-refractivity contribution in [3.8, 4) is 6.07 Å². The average molecular weight is 267 g/mol. The summed E-state index contributed by atoms with van der Waals surface area (Å²) >= 11 is 0. The summed E-state index contributed by atoms with van der Waals surface area (Å²) < 4.78 is 27.9. The van der Waals surface area contributed by atoms with Crippen LogP contribution in [0.25, 0.3) is 0 Å². The number of hydrogen-bond donors (Lipinski definition) is 0. The third-order valence-electron chi connectivity index (χ3n) is 2.77. The molecule has 0 aromatic heterocycles. The third kappa shape index (κ3) is 4.18. The standard InChI is InChI=1S/C14H19F2N3/c1-4-5-19(7-6-18(2)3)14-12(15)8-11(10-17)9-13(14)16/h8-9H,4-7H2,1-3H3. The zero-order valence-corrected chi connectivity index (χ0v) is 11.6. The highest BCUT2D eigenvalue weighted by Crippen LogP contribution is 2.25. The second-order valence-corrected chi connectivity index (χ2v) is 4.69. The minimum absolute atomic E-state index is 0.00260. The van der Waals surface area contributed by atoms with Crippen LogP contribution in [0.1, 0.15) is 18.9 Å². The highest BCUT2D eigenvalue weighted by molar-refractivity contribution is 5.52. The Hall–Kier alpha value is -1.67. The predicted octanol–water partition coefficient (Wildman–Crippen LogP) is 2.61. The molecule has 0 aliphatic carbocycles. The van der Waals surface area contributed by atoms with Crippen LogP contribution in [0.15, 0.2) is 12.1 Å². The van der Waals surface area contributed by atoms with Gasteiger partial charge in [-0.15, -0.1) is 0 Å². The van der Waals surface area contributed by atoms with Crippen LogP contribution in [-0.4, -0.2) is 38.6 Å². The van der Waals surface area contributed by atoms with Crippen molar-refractivity contribution in [3.05, 3.63) is 29.3 Å². The van der Waals surface area contributed by atoms with E-state index in [1.165, 1.54) is 0 Å². The Morgan fingerprint density at radius 2 is 1.68 bits per heavy atom. The van der Waals surface area contributed by atoms with E-state index < -0.39 is 11.6 Å². The van der Waals surface area contributed by atoms with Crippen molar-refractivity contribution in [2.24, 2.45) is 0 Å². The Balaban J connectivity index is 3.05. The summed E-state index contributed by atoms with van der Waals surface area (Å²) in [5, 5.41) is 8.69. The van der Waals surface area contributed by atoms with Crippen molar-refractivity contribution in [1.29, 1.82) is 5.26 Å². The second-order valence-electron chi connectivity index (χ2n) is 4.69. The molecule has 1 aromatic rings. The molecule has 0 amide bonds. The van der Waals surface area contributed by atoms with Gasteiger partial charge < -0.3 is 9.80 Å². The molecular weight excluding hydrogens is 248 g/mol. The topological polar surface area (TPSA) is 30.3 Å². The number of likely N-dealkylation sites (N-methyl/N-ethyl adjacent to an activating group) is 1. The van der Waals surface area contributed by atoms with Gasteiger partial charge in [0.15, 0.2) is 11.6 Å². The predicted molar refractivity (Wildman–Crippen MR) is 72.1 cm³/mol. The van der Waals surface area contributed by atoms with Crippen LogP contribution in [0.4, 0.5) is 14.5 Å². The Morgan fingerprint density at radius 3 is 2.11 bits per heavy atom. The smallest absolute Gasteiger partial charge is 0.150 e. The molecule has 3 nitrogen and oxygen atoms in total. The Morgan fingerprint density at radius 1 is 1.11 bits per heavy atom. The molecule has 0 atom stereocenters. The Kier molecular flexibility index (Phi) is 5.71. The molecule has 5 heteroatoms. The lowest BCUT2D eigenvalue weighted by Gasteiger charge is -2.26. The molecular formula is C14H19F2N3. The van der Waals surface area contributed by atoms with Crippen molar-refractivity contribution in [3.63, 3.8) is 0 Å². The molecule has 0 aliphatic heterocycles. The van der Waals surface area contributed by atoms with Gasteiger partial charge in [-0.2, -0.15) is 5.26 Å². The largest absolute Gasteiger partial charge is 0.366 e. The first-order valence-electron chi connectivity index (χ1n) is 6.28. The first-order chi connectivity index (χ1) is 8.99. The van der Waals surface area contributed by atoms with Crippen molar-refractivity contribution < 1.29 is 8.78 Å². The molecule has 0 bridgehead atoms. The first-order valence-corrected chi connectivity index (χ1v) is 6.28. The summed E-state index contributed by atoms with van der Waals surface area (Å²) in [5.41, 5.74) is -0.0366. The van der Waals surface area contributed by atoms with Crippen LogP contribution < -0.4 is 4.90 Å². The van der Waals surface area contributed by atoms with Crippen molar-refractivity contribution in [2.75, 3.05) is 38.6 Å². The van der Waals surface area contributed by atoms with E-state index in [0.29, 0.717) is 19.6 Å². The lowest BCUT2D eigenvalue weighted by Crippen LogP contribution is -2.33. The Bertz CT molecular complexity index is 443. The van der Waals surface area contributed by atoms with Crippen LogP contribution in [0.5, 0.6) is 0 Å². The van der Waals surface area contributed by atoms with Gasteiger partial charge in [0, 0.05) is 19.6 Å². The minimum Gasteiger partial charge on any atom is -0.366 e. The fourth-order valence-corrected chi connectivity index (χ4v) is 1.86. The molecule has 0 spiro atoms. The van der Waals surface area contributed by atoms with Gasteiger partial charge in [-0.1, -0.05) is 6.92 Å². The Labute approximate surface area is 113 Å². The molecule has 0 saturated heterocycles. The van der Waals surface area contributed by atoms with E-state index in [9.17, 15) is 8.78 Å². The van der Waals surface area contributed by atoms with Gasteiger partial charge in [-0.3, -0.25) is 0 Å². The average Bonchev–Trinajstić information content (AvgIpc) is 2.34. The fraction of sp³-hybridized carbons (Fsp3) is 0.500. The molecule has 104 valence electrons. The summed E-state index contributed by atoms with van der Waals surface area (Å²) in [7, 11) is 3.82. The van der Waals surface area contributed by atoms with Gasteiger partial charge in [0.05, 0.1) is 11.6 Å². The summed E-state index contributed by atoms with van der Waals surface area (Å²) in [5.74, 6) is -1.35. The molecule has 0 unspecified atom stereocenters. The molecule has 19 heavy (non-hydrogen) atoms. The van der Waals surface area contributed by atoms with E-state index in [0.717, 1.165) is 18.6 Å². The van der Waals surface area contributed by atoms with E-state index in [-0.39, 0.29) is 11.3 Å². The van der Waals surface area contributed by atoms with Crippen LogP contribution in [0.2, 0.25) is 0 Å². The molecule has 0 fully saturated rings. The number of benzene rings is 1. The summed E-state index contributed by atoms with van der Waals surface area (Å²) in [4.78, 5) is 3.65. The van der Waals surface area contributed by atoms with Gasteiger partial charge >= 0.3 is 0 Å². The summed E-state index contributed by atoms with van der Waals surface area (Å²) in [6.07, 6.45) is 0.798. The van der Waals surface area contributed by atoms with Crippen molar-refractivity contribution >= 4 is 5.69 Å². The summed E-state index contributed by atoms with van der Waals surface area (Å²) in [6.45, 7) is 3.79. The monoisotopic (exact) mass is 267 g/mol. The van der Waals surface area contributed by atoms with E-state index >= 15 is 0 Å². The zero-order chi connectivity index (χ0) is 14.4. The molecule has 0 radical (unpaired) electrons. The van der Waals surface area contributed by atoms with Gasteiger partial charge in [0.2, 0.25) is 0 Å². The van der Waals surface area contributed by atoms with Crippen LogP contribution in [0.3, 0.4) is 0 Å². The third-order valence-corrected chi connectivity index (χ3v) is 2.77. The van der Waals surface area contributed by atoms with Gasteiger partial charge in [-0.25, -0.2) is 8.78 Å². The van der Waals surface area contributed by atoms with Crippen molar-refractivity contribution in [2.45, 2.75) is 13.3 Å². The van der Waals surface area contributed by atoms with E-state index in [1.807, 2.05) is 25.9 Å². The SMILES string of the molecule is CCCN(CCN(C)C)c1c(F)cc(C#N)cc1F. The molecule has 0 N–H and O–H groups in total. The molecule has 0 saturated carbocycles. The second kappa shape index (κ2) is 7.05. The number of anilines is 1. The fourth-order valence-electron chi connectivity index (χ4n) is 1.86. The van der Waals surface area contributed by atoms with Gasteiger partial charge in [0.1, 0.15) is 5.69 Å². The highest BCUT2D eigenvalue weighted by atomic mass is 19.1. The maximum Gasteiger partial charge on any atom is 0.150 e. The molecule has 1 aromatic carbocycles. The maximum absolute atomic E-state index is 13.9. The lowest BCUT2D eigenvalue weighted by molar-refractivity contribution is 0.410. The van der Waals surface area contributed by atoms with Gasteiger partial charge in [0.25, 0.3) is 0 Å². The molecule has 0 aliphatic rings. The van der Waals surface area contributed by atoms with Crippen LogP contribution in [0, 0.1) is 23.0 Å². The number of rotatable bonds is 6. The van der Waals surface area contributed by atoms with Gasteiger partial charge in [-0.05, 0) is 32.6 Å². The quantitative estimate of drug-likeness (QED) is 0.793. The number of halogens is 2. The van der Waals surface area contributed by atoms with Crippen LogP contribution >= 0.6 is 0 Å². The van der Waals surface area contributed by atoms with E-state index in [1.54, 1.807) is 11.0 Å². The minimum atomic E-state index is -0.677. The lowest BCUT2D eigenvalue weighted by atomic mass is 10.1. The number of hydrogen-bond acceptors (Lipinski definition) is 3. The molecule has 0 heterocycles. The zero-order valence-electron chi connectivity index (χ0n) is 11.6. The number of nitriles is 1. The van der Waals surface area contributed by atoms with Crippen molar-refractivity contribution in [1.82, 2.24) is 4.90 Å². The van der Waals surface area contributed by atoms with E-state index in [2.05, 4.69) is 0 Å². The molecule has 1 rings (SSSR count).